The van der Waals surface area contributed by atoms with Crippen LogP contribution < -0.4 is 10.1 Å². The summed E-state index contributed by atoms with van der Waals surface area (Å²) in [6, 6.07) is 6.00. The van der Waals surface area contributed by atoms with Gasteiger partial charge in [-0.05, 0) is 18.6 Å². The lowest BCUT2D eigenvalue weighted by Gasteiger charge is -2.34. The summed E-state index contributed by atoms with van der Waals surface area (Å²) < 4.78 is 10.6. The molecular formula is C24H36N2O5. The van der Waals surface area contributed by atoms with E-state index in [1.165, 1.54) is 44.1 Å². The minimum Gasteiger partial charge on any atom is -0.496 e. The zero-order valence-electron chi connectivity index (χ0n) is 18.9. The third kappa shape index (κ3) is 7.89. The van der Waals surface area contributed by atoms with Gasteiger partial charge in [0.25, 0.3) is 5.91 Å². The molecule has 0 bridgehead atoms. The predicted octanol–water partition coefficient (Wildman–Crippen LogP) is 3.71. The number of hydrogen-bond donors (Lipinski definition) is 1. The number of carbonyl (C=O) groups excluding carboxylic acids is 3. The number of nitrogens with one attached hydrogen (secondary N) is 1. The van der Waals surface area contributed by atoms with E-state index in [1.54, 1.807) is 24.3 Å². The molecule has 1 aliphatic heterocycles. The van der Waals surface area contributed by atoms with Gasteiger partial charge in [-0.3, -0.25) is 14.4 Å². The van der Waals surface area contributed by atoms with Crippen LogP contribution in [0.5, 0.6) is 5.75 Å². The highest BCUT2D eigenvalue weighted by Crippen LogP contribution is 2.22. The van der Waals surface area contributed by atoms with E-state index in [-0.39, 0.29) is 18.2 Å². The van der Waals surface area contributed by atoms with Crippen molar-refractivity contribution < 1.29 is 23.9 Å². The normalized spacial score (nSPS) is 16.0. The molecule has 31 heavy (non-hydrogen) atoms. The minimum atomic E-state index is -0.878. The molecule has 1 unspecified atom stereocenters. The van der Waals surface area contributed by atoms with Crippen LogP contribution in [0.2, 0.25) is 0 Å². The molecule has 1 fully saturated rings. The van der Waals surface area contributed by atoms with Gasteiger partial charge in [0.1, 0.15) is 11.8 Å². The molecule has 1 saturated heterocycles. The van der Waals surface area contributed by atoms with Gasteiger partial charge in [-0.25, -0.2) is 0 Å². The third-order valence-electron chi connectivity index (χ3n) is 5.55. The van der Waals surface area contributed by atoms with Crippen molar-refractivity contribution in [1.29, 1.82) is 0 Å². The standard InChI is InChI=1S/C24H36N2O5/c1-3-4-5-6-7-8-9-12-17-31-22(27)18-20-23(28)25-15-16-26(20)24(29)19-13-10-11-14-21(19)30-2/h10-11,13-14,20H,3-9,12,15-18H2,1-2H3,(H,25,28). The molecule has 7 nitrogen and oxygen atoms in total. The van der Waals surface area contributed by atoms with Crippen molar-refractivity contribution in [2.75, 3.05) is 26.8 Å². The van der Waals surface area contributed by atoms with E-state index >= 15 is 0 Å². The second-order valence-corrected chi connectivity index (χ2v) is 7.91. The van der Waals surface area contributed by atoms with Crippen LogP contribution in [0.1, 0.15) is 75.1 Å². The molecular weight excluding hydrogens is 396 g/mol. The summed E-state index contributed by atoms with van der Waals surface area (Å²) in [5, 5.41) is 2.74. The smallest absolute Gasteiger partial charge is 0.308 e. The SMILES string of the molecule is CCCCCCCCCCOC(=O)CC1C(=O)NCCN1C(=O)c1ccccc1OC. The highest BCUT2D eigenvalue weighted by atomic mass is 16.5. The summed E-state index contributed by atoms with van der Waals surface area (Å²) in [7, 11) is 1.50. The lowest BCUT2D eigenvalue weighted by atomic mass is 10.1. The van der Waals surface area contributed by atoms with Crippen LogP contribution in [0.25, 0.3) is 0 Å². The number of nitrogens with zero attached hydrogens (tertiary/aromatic N) is 1. The Labute approximate surface area is 185 Å². The molecule has 1 aromatic rings. The number of methoxy groups -OCH3 is 1. The average Bonchev–Trinajstić information content (AvgIpc) is 2.78. The molecule has 1 aliphatic rings. The van der Waals surface area contributed by atoms with Gasteiger partial charge < -0.3 is 19.7 Å². The number of hydrogen-bond acceptors (Lipinski definition) is 5. The summed E-state index contributed by atoms with van der Waals surface area (Å²) in [5.74, 6) is -0.677. The Morgan fingerprint density at radius 3 is 2.45 bits per heavy atom. The van der Waals surface area contributed by atoms with Crippen LogP contribution in [0.4, 0.5) is 0 Å². The van der Waals surface area contributed by atoms with Gasteiger partial charge in [0.05, 0.1) is 25.7 Å². The topological polar surface area (TPSA) is 84.9 Å². The first-order chi connectivity index (χ1) is 15.1. The Bertz CT molecular complexity index is 722. The first-order valence-electron chi connectivity index (χ1n) is 11.5. The maximum atomic E-state index is 13.1. The maximum Gasteiger partial charge on any atom is 0.308 e. The van der Waals surface area contributed by atoms with Crippen molar-refractivity contribution in [3.05, 3.63) is 29.8 Å². The highest BCUT2D eigenvalue weighted by molar-refractivity contribution is 6.01. The first kappa shape index (κ1) is 24.7. The second-order valence-electron chi connectivity index (χ2n) is 7.91. The first-order valence-corrected chi connectivity index (χ1v) is 11.5. The Kier molecular flexibility index (Phi) is 10.9. The van der Waals surface area contributed by atoms with Crippen molar-refractivity contribution in [3.8, 4) is 5.75 Å². The molecule has 0 aromatic heterocycles. The Morgan fingerprint density at radius 2 is 1.74 bits per heavy atom. The molecule has 2 rings (SSSR count). The zero-order valence-corrected chi connectivity index (χ0v) is 18.9. The fourth-order valence-electron chi connectivity index (χ4n) is 3.78. The highest BCUT2D eigenvalue weighted by Gasteiger charge is 2.36. The number of benzene rings is 1. The van der Waals surface area contributed by atoms with Gasteiger partial charge in [0, 0.05) is 13.1 Å². The van der Waals surface area contributed by atoms with E-state index in [2.05, 4.69) is 12.2 Å². The van der Waals surface area contributed by atoms with Gasteiger partial charge >= 0.3 is 5.97 Å². The number of esters is 1. The summed E-state index contributed by atoms with van der Waals surface area (Å²) >= 11 is 0. The number of unbranched alkanes of at least 4 members (excludes halogenated alkanes) is 7. The minimum absolute atomic E-state index is 0.149. The Hall–Kier alpha value is -2.57. The third-order valence-corrected chi connectivity index (χ3v) is 5.55. The van der Waals surface area contributed by atoms with Crippen molar-refractivity contribution in [3.63, 3.8) is 0 Å². The van der Waals surface area contributed by atoms with Crippen LogP contribution in [-0.2, 0) is 14.3 Å². The second kappa shape index (κ2) is 13.7. The summed E-state index contributed by atoms with van der Waals surface area (Å²) in [6.07, 6.45) is 9.16. The Morgan fingerprint density at radius 1 is 1.06 bits per heavy atom. The quantitative estimate of drug-likeness (QED) is 0.379. The van der Waals surface area contributed by atoms with Gasteiger partial charge in [-0.2, -0.15) is 0 Å². The van der Waals surface area contributed by atoms with Gasteiger partial charge in [-0.1, -0.05) is 64.0 Å². The molecule has 0 aliphatic carbocycles. The lowest BCUT2D eigenvalue weighted by Crippen LogP contribution is -2.57. The molecule has 0 spiro atoms. The van der Waals surface area contributed by atoms with E-state index in [0.717, 1.165) is 19.3 Å². The molecule has 1 N–H and O–H groups in total. The fraction of sp³-hybridized carbons (Fsp3) is 0.625. The molecule has 1 heterocycles. The van der Waals surface area contributed by atoms with Crippen LogP contribution in [-0.4, -0.2) is 55.5 Å². The van der Waals surface area contributed by atoms with Gasteiger partial charge in [0.2, 0.25) is 5.91 Å². The van der Waals surface area contributed by atoms with Gasteiger partial charge in [-0.15, -0.1) is 0 Å². The fourth-order valence-corrected chi connectivity index (χ4v) is 3.78. The monoisotopic (exact) mass is 432 g/mol. The largest absolute Gasteiger partial charge is 0.496 e. The number of carbonyl (C=O) groups is 3. The van der Waals surface area contributed by atoms with Crippen molar-refractivity contribution in [1.82, 2.24) is 10.2 Å². The Balaban J connectivity index is 1.81. The van der Waals surface area contributed by atoms with Gasteiger partial charge in [0.15, 0.2) is 0 Å². The van der Waals surface area contributed by atoms with Crippen molar-refractivity contribution in [2.45, 2.75) is 70.8 Å². The molecule has 0 saturated carbocycles. The number of piperazine rings is 1. The summed E-state index contributed by atoms with van der Waals surface area (Å²) in [5.41, 5.74) is 0.372. The number of ether oxygens (including phenoxy) is 2. The van der Waals surface area contributed by atoms with Crippen LogP contribution in [0.3, 0.4) is 0 Å². The van der Waals surface area contributed by atoms with Crippen LogP contribution >= 0.6 is 0 Å². The summed E-state index contributed by atoms with van der Waals surface area (Å²) in [4.78, 5) is 39.2. The van der Waals surface area contributed by atoms with E-state index in [9.17, 15) is 14.4 Å². The van der Waals surface area contributed by atoms with Crippen LogP contribution in [0, 0.1) is 0 Å². The number of amides is 2. The van der Waals surface area contributed by atoms with E-state index in [0.29, 0.717) is 31.0 Å². The molecule has 0 radical (unpaired) electrons. The average molecular weight is 433 g/mol. The van der Waals surface area contributed by atoms with E-state index < -0.39 is 12.0 Å². The maximum absolute atomic E-state index is 13.1. The van der Waals surface area contributed by atoms with E-state index in [4.69, 9.17) is 9.47 Å². The molecule has 172 valence electrons. The molecule has 2 amide bonds. The number of rotatable bonds is 13. The molecule has 1 atom stereocenters. The lowest BCUT2D eigenvalue weighted by molar-refractivity contribution is -0.147. The zero-order chi connectivity index (χ0) is 22.5. The summed E-state index contributed by atoms with van der Waals surface area (Å²) in [6.45, 7) is 3.24. The predicted molar refractivity (Wildman–Crippen MR) is 119 cm³/mol. The van der Waals surface area contributed by atoms with Crippen LogP contribution in [0.15, 0.2) is 24.3 Å². The van der Waals surface area contributed by atoms with E-state index in [1.807, 2.05) is 0 Å². The number of para-hydroxylation sites is 1. The van der Waals surface area contributed by atoms with Crippen molar-refractivity contribution >= 4 is 17.8 Å². The molecule has 7 heteroatoms. The molecule has 1 aromatic carbocycles. The van der Waals surface area contributed by atoms with Crippen molar-refractivity contribution in [2.24, 2.45) is 0 Å².